The van der Waals surface area contributed by atoms with E-state index in [9.17, 15) is 14.0 Å². The molecule has 0 bridgehead atoms. The summed E-state index contributed by atoms with van der Waals surface area (Å²) in [7, 11) is 0. The van der Waals surface area contributed by atoms with Crippen LogP contribution >= 0.6 is 23.2 Å². The van der Waals surface area contributed by atoms with Gasteiger partial charge in [-0.3, -0.25) is 4.79 Å². The molecule has 0 aliphatic rings. The van der Waals surface area contributed by atoms with Crippen LogP contribution < -0.4 is 10.6 Å². The predicted octanol–water partition coefficient (Wildman–Crippen LogP) is 3.86. The van der Waals surface area contributed by atoms with Crippen LogP contribution in [0.15, 0.2) is 42.5 Å². The first-order valence-electron chi connectivity index (χ1n) is 5.75. The van der Waals surface area contributed by atoms with Crippen LogP contribution in [0.3, 0.4) is 0 Å². The Morgan fingerprint density at radius 1 is 1.00 bits per heavy atom. The number of benzene rings is 2. The lowest BCUT2D eigenvalue weighted by Crippen LogP contribution is -2.41. The molecule has 0 unspecified atom stereocenters. The number of hydrogen-bond donors (Lipinski definition) is 1. The van der Waals surface area contributed by atoms with E-state index in [1.807, 2.05) is 0 Å². The Morgan fingerprint density at radius 2 is 1.52 bits per heavy atom. The van der Waals surface area contributed by atoms with Crippen LogP contribution in [0.1, 0.15) is 10.4 Å². The Balaban J connectivity index is 2.51. The third kappa shape index (κ3) is 3.15. The summed E-state index contributed by atoms with van der Waals surface area (Å²) in [5.41, 5.74) is 5.30. The van der Waals surface area contributed by atoms with Crippen molar-refractivity contribution in [2.75, 3.05) is 4.90 Å². The molecule has 2 aromatic rings. The number of hydrogen-bond acceptors (Lipinski definition) is 2. The average Bonchev–Trinajstić information content (AvgIpc) is 2.40. The number of rotatable bonds is 2. The van der Waals surface area contributed by atoms with Gasteiger partial charge in [0, 0.05) is 0 Å². The Morgan fingerprint density at radius 3 is 2.00 bits per heavy atom. The highest BCUT2D eigenvalue weighted by Gasteiger charge is 2.26. The lowest BCUT2D eigenvalue weighted by atomic mass is 10.1. The normalized spacial score (nSPS) is 10.2. The van der Waals surface area contributed by atoms with E-state index in [0.717, 1.165) is 12.1 Å². The summed E-state index contributed by atoms with van der Waals surface area (Å²) in [4.78, 5) is 24.7. The smallest absolute Gasteiger partial charge is 0.326 e. The van der Waals surface area contributed by atoms with Crippen LogP contribution in [0.25, 0.3) is 0 Å². The molecule has 0 saturated carbocycles. The molecule has 2 N–H and O–H groups in total. The number of amides is 3. The fraction of sp³-hybridized carbons (Fsp3) is 0. The summed E-state index contributed by atoms with van der Waals surface area (Å²) in [6.07, 6.45) is 0. The zero-order valence-electron chi connectivity index (χ0n) is 10.5. The van der Waals surface area contributed by atoms with Gasteiger partial charge in [-0.15, -0.1) is 0 Å². The lowest BCUT2D eigenvalue weighted by molar-refractivity contribution is 0.0995. The van der Waals surface area contributed by atoms with Crippen LogP contribution in [0.2, 0.25) is 10.0 Å². The molecule has 7 heteroatoms. The van der Waals surface area contributed by atoms with Gasteiger partial charge in [0.05, 0.1) is 21.3 Å². The van der Waals surface area contributed by atoms with Crippen molar-refractivity contribution in [1.82, 2.24) is 0 Å². The van der Waals surface area contributed by atoms with Gasteiger partial charge in [-0.05, 0) is 36.4 Å². The van der Waals surface area contributed by atoms with Crippen molar-refractivity contribution in [2.45, 2.75) is 0 Å². The summed E-state index contributed by atoms with van der Waals surface area (Å²) in [5, 5.41) is 0.168. The van der Waals surface area contributed by atoms with Crippen molar-refractivity contribution in [2.24, 2.45) is 5.73 Å². The summed E-state index contributed by atoms with van der Waals surface area (Å²) in [6.45, 7) is 0. The first-order chi connectivity index (χ1) is 9.91. The van der Waals surface area contributed by atoms with Gasteiger partial charge >= 0.3 is 6.03 Å². The predicted molar refractivity (Wildman–Crippen MR) is 79.3 cm³/mol. The van der Waals surface area contributed by atoms with Crippen molar-refractivity contribution >= 4 is 40.8 Å². The number of nitrogens with two attached hydrogens (primary N) is 1. The SMILES string of the molecule is NC(=O)N(C(=O)c1c(Cl)cccc1Cl)c1ccc(F)cc1. The van der Waals surface area contributed by atoms with Gasteiger partial charge in [0.2, 0.25) is 0 Å². The molecule has 0 spiro atoms. The Kier molecular flexibility index (Phi) is 4.45. The van der Waals surface area contributed by atoms with Gasteiger partial charge in [0.1, 0.15) is 5.82 Å². The molecule has 0 fully saturated rings. The highest BCUT2D eigenvalue weighted by molar-refractivity contribution is 6.41. The van der Waals surface area contributed by atoms with E-state index in [-0.39, 0.29) is 21.3 Å². The molecule has 0 saturated heterocycles. The topological polar surface area (TPSA) is 63.4 Å². The number of halogens is 3. The minimum atomic E-state index is -1.03. The molecule has 0 heterocycles. The number of carbonyl (C=O) groups is 2. The second-order valence-electron chi connectivity index (χ2n) is 4.05. The van der Waals surface area contributed by atoms with Crippen LogP contribution in [0, 0.1) is 5.82 Å². The molecule has 3 amide bonds. The lowest BCUT2D eigenvalue weighted by Gasteiger charge is -2.19. The first kappa shape index (κ1) is 15.3. The van der Waals surface area contributed by atoms with Gasteiger partial charge in [-0.2, -0.15) is 0 Å². The number of anilines is 1. The summed E-state index contributed by atoms with van der Waals surface area (Å²) in [5.74, 6) is -1.30. The van der Waals surface area contributed by atoms with Crippen LogP contribution in [-0.2, 0) is 0 Å². The molecular weight excluding hydrogens is 318 g/mol. The van der Waals surface area contributed by atoms with Crippen molar-refractivity contribution in [3.8, 4) is 0 Å². The molecule has 21 heavy (non-hydrogen) atoms. The van der Waals surface area contributed by atoms with E-state index in [1.54, 1.807) is 6.07 Å². The van der Waals surface area contributed by atoms with Crippen molar-refractivity contribution in [3.63, 3.8) is 0 Å². The zero-order chi connectivity index (χ0) is 15.6. The molecule has 0 radical (unpaired) electrons. The summed E-state index contributed by atoms with van der Waals surface area (Å²) < 4.78 is 12.9. The fourth-order valence-corrected chi connectivity index (χ4v) is 2.31. The second kappa shape index (κ2) is 6.11. The maximum absolute atomic E-state index is 12.9. The van der Waals surface area contributed by atoms with Crippen molar-refractivity contribution in [3.05, 3.63) is 63.9 Å². The van der Waals surface area contributed by atoms with Crippen LogP contribution in [0.4, 0.5) is 14.9 Å². The fourth-order valence-electron chi connectivity index (χ4n) is 1.75. The van der Waals surface area contributed by atoms with E-state index in [0.29, 0.717) is 4.90 Å². The standard InChI is InChI=1S/C14H9Cl2FN2O2/c15-10-2-1-3-11(16)12(10)13(20)19(14(18)21)9-6-4-8(17)5-7-9/h1-7H,(H2,18,21). The number of imide groups is 1. The average molecular weight is 327 g/mol. The van der Waals surface area contributed by atoms with E-state index < -0.39 is 17.8 Å². The summed E-state index contributed by atoms with van der Waals surface area (Å²) in [6, 6.07) is 8.18. The number of nitrogens with zero attached hydrogens (tertiary/aromatic N) is 1. The maximum Gasteiger partial charge on any atom is 0.326 e. The Bertz CT molecular complexity index is 684. The number of carbonyl (C=O) groups excluding carboxylic acids is 2. The molecular formula is C14H9Cl2FN2O2. The third-order valence-electron chi connectivity index (χ3n) is 2.68. The molecule has 0 aromatic heterocycles. The first-order valence-corrected chi connectivity index (χ1v) is 6.51. The van der Waals surface area contributed by atoms with Gasteiger partial charge in [0.15, 0.2) is 0 Å². The van der Waals surface area contributed by atoms with Crippen molar-refractivity contribution < 1.29 is 14.0 Å². The van der Waals surface area contributed by atoms with E-state index >= 15 is 0 Å². The highest BCUT2D eigenvalue weighted by Crippen LogP contribution is 2.27. The maximum atomic E-state index is 12.9. The Labute approximate surface area is 129 Å². The van der Waals surface area contributed by atoms with Crippen molar-refractivity contribution in [1.29, 1.82) is 0 Å². The highest BCUT2D eigenvalue weighted by atomic mass is 35.5. The quantitative estimate of drug-likeness (QED) is 0.910. The zero-order valence-corrected chi connectivity index (χ0v) is 12.0. The largest absolute Gasteiger partial charge is 0.351 e. The monoisotopic (exact) mass is 326 g/mol. The minimum absolute atomic E-state index is 0.0519. The minimum Gasteiger partial charge on any atom is -0.351 e. The number of primary amides is 1. The van der Waals surface area contributed by atoms with E-state index in [4.69, 9.17) is 28.9 Å². The molecule has 0 aliphatic carbocycles. The van der Waals surface area contributed by atoms with Gasteiger partial charge in [0.25, 0.3) is 5.91 Å². The van der Waals surface area contributed by atoms with Gasteiger partial charge < -0.3 is 5.73 Å². The molecule has 2 rings (SSSR count). The van der Waals surface area contributed by atoms with E-state index in [1.165, 1.54) is 24.3 Å². The number of urea groups is 1. The second-order valence-corrected chi connectivity index (χ2v) is 4.87. The summed E-state index contributed by atoms with van der Waals surface area (Å²) >= 11 is 11.9. The Hall–Kier alpha value is -2.11. The van der Waals surface area contributed by atoms with E-state index in [2.05, 4.69) is 0 Å². The third-order valence-corrected chi connectivity index (χ3v) is 3.31. The molecule has 0 aliphatic heterocycles. The molecule has 4 nitrogen and oxygen atoms in total. The molecule has 0 atom stereocenters. The molecule has 108 valence electrons. The van der Waals surface area contributed by atoms with Gasteiger partial charge in [-0.1, -0.05) is 29.3 Å². The van der Waals surface area contributed by atoms with Crippen LogP contribution in [0.5, 0.6) is 0 Å². The van der Waals surface area contributed by atoms with Gasteiger partial charge in [-0.25, -0.2) is 14.1 Å². The molecule has 2 aromatic carbocycles. The van der Waals surface area contributed by atoms with Crippen LogP contribution in [-0.4, -0.2) is 11.9 Å².